The lowest BCUT2D eigenvalue weighted by Crippen LogP contribution is -2.53. The zero-order valence-electron chi connectivity index (χ0n) is 14.3. The molecule has 1 saturated heterocycles. The molecule has 1 amide bonds. The van der Waals surface area contributed by atoms with Crippen molar-refractivity contribution in [1.82, 2.24) is 13.9 Å². The molecule has 1 aromatic rings. The lowest BCUT2D eigenvalue weighted by Gasteiger charge is -2.35. The maximum atomic E-state index is 12.3. The Hall–Kier alpha value is -1.00. The standard InChI is InChI=1S/C15H25N3O4S2/c1-12-4-5-14(23-12)6-7-16-15(19)10-13-11-22-9-8-18(13)24(20,21)17(2)3/h4-5,13H,6-11H2,1-3H3,(H,16,19). The van der Waals surface area contributed by atoms with Crippen LogP contribution in [-0.4, -0.2) is 69.4 Å². The molecular weight excluding hydrogens is 350 g/mol. The van der Waals surface area contributed by atoms with Crippen LogP contribution in [-0.2, 0) is 26.2 Å². The minimum Gasteiger partial charge on any atom is -0.378 e. The molecular formula is C15H25N3O4S2. The van der Waals surface area contributed by atoms with E-state index in [1.165, 1.54) is 32.5 Å². The highest BCUT2D eigenvalue weighted by Crippen LogP contribution is 2.17. The van der Waals surface area contributed by atoms with E-state index in [-0.39, 0.29) is 25.5 Å². The van der Waals surface area contributed by atoms with Crippen LogP contribution < -0.4 is 5.32 Å². The molecule has 0 bridgehead atoms. The van der Waals surface area contributed by atoms with E-state index in [9.17, 15) is 13.2 Å². The first-order valence-corrected chi connectivity index (χ1v) is 10.1. The van der Waals surface area contributed by atoms with E-state index in [4.69, 9.17) is 4.74 Å². The van der Waals surface area contributed by atoms with Gasteiger partial charge < -0.3 is 10.1 Å². The summed E-state index contributed by atoms with van der Waals surface area (Å²) in [4.78, 5) is 14.6. The van der Waals surface area contributed by atoms with Gasteiger partial charge in [0.25, 0.3) is 10.2 Å². The maximum Gasteiger partial charge on any atom is 0.281 e. The minimum absolute atomic E-state index is 0.108. The Balaban J connectivity index is 1.86. The number of carbonyl (C=O) groups is 1. The number of hydrogen-bond acceptors (Lipinski definition) is 5. The number of morpholine rings is 1. The van der Waals surface area contributed by atoms with Gasteiger partial charge in [0.1, 0.15) is 0 Å². The average molecular weight is 376 g/mol. The fourth-order valence-corrected chi connectivity index (χ4v) is 4.67. The van der Waals surface area contributed by atoms with Gasteiger partial charge in [-0.15, -0.1) is 11.3 Å². The molecule has 7 nitrogen and oxygen atoms in total. The summed E-state index contributed by atoms with van der Waals surface area (Å²) in [5, 5.41) is 2.87. The second-order valence-electron chi connectivity index (χ2n) is 5.95. The fraction of sp³-hybridized carbons (Fsp3) is 0.667. The molecule has 1 aliphatic rings. The van der Waals surface area contributed by atoms with E-state index in [0.29, 0.717) is 13.2 Å². The Labute approximate surface area is 147 Å². The highest BCUT2D eigenvalue weighted by atomic mass is 32.2. The maximum absolute atomic E-state index is 12.3. The van der Waals surface area contributed by atoms with Crippen molar-refractivity contribution < 1.29 is 17.9 Å². The number of rotatable bonds is 7. The molecule has 136 valence electrons. The highest BCUT2D eigenvalue weighted by Gasteiger charge is 2.35. The van der Waals surface area contributed by atoms with Crippen LogP contribution in [0.2, 0.25) is 0 Å². The third-order valence-corrected chi connectivity index (χ3v) is 6.90. The van der Waals surface area contributed by atoms with Gasteiger partial charge in [-0.2, -0.15) is 17.0 Å². The Morgan fingerprint density at radius 2 is 2.21 bits per heavy atom. The molecule has 1 atom stereocenters. The summed E-state index contributed by atoms with van der Waals surface area (Å²) in [6.45, 7) is 3.46. The Kier molecular flexibility index (Phi) is 6.76. The number of nitrogens with zero attached hydrogens (tertiary/aromatic N) is 2. The van der Waals surface area contributed by atoms with Crippen LogP contribution in [0.15, 0.2) is 12.1 Å². The predicted molar refractivity (Wildman–Crippen MR) is 94.3 cm³/mol. The van der Waals surface area contributed by atoms with E-state index in [1.807, 2.05) is 0 Å². The molecule has 1 aliphatic heterocycles. The molecule has 0 aliphatic carbocycles. The van der Waals surface area contributed by atoms with Gasteiger partial charge in [0.15, 0.2) is 0 Å². The number of hydrogen-bond donors (Lipinski definition) is 1. The topological polar surface area (TPSA) is 79.0 Å². The van der Waals surface area contributed by atoms with Gasteiger partial charge >= 0.3 is 0 Å². The van der Waals surface area contributed by atoms with Crippen molar-refractivity contribution in [3.63, 3.8) is 0 Å². The van der Waals surface area contributed by atoms with Crippen LogP contribution >= 0.6 is 11.3 Å². The molecule has 0 saturated carbocycles. The molecule has 1 N–H and O–H groups in total. The fourth-order valence-electron chi connectivity index (χ4n) is 2.54. The molecule has 24 heavy (non-hydrogen) atoms. The molecule has 1 aromatic heterocycles. The first kappa shape index (κ1) is 19.3. The van der Waals surface area contributed by atoms with Gasteiger partial charge in [-0.3, -0.25) is 4.79 Å². The molecule has 2 rings (SSSR count). The Morgan fingerprint density at radius 1 is 1.46 bits per heavy atom. The molecule has 9 heteroatoms. The monoisotopic (exact) mass is 375 g/mol. The number of ether oxygens (including phenoxy) is 1. The van der Waals surface area contributed by atoms with E-state index in [0.717, 1.165) is 6.42 Å². The molecule has 0 radical (unpaired) electrons. The highest BCUT2D eigenvalue weighted by molar-refractivity contribution is 7.86. The summed E-state index contributed by atoms with van der Waals surface area (Å²) < 4.78 is 32.6. The average Bonchev–Trinajstić information content (AvgIpc) is 2.93. The van der Waals surface area contributed by atoms with Crippen molar-refractivity contribution in [2.45, 2.75) is 25.8 Å². The van der Waals surface area contributed by atoms with Crippen LogP contribution in [0, 0.1) is 6.92 Å². The first-order chi connectivity index (χ1) is 11.3. The lowest BCUT2D eigenvalue weighted by molar-refractivity contribution is -0.123. The summed E-state index contributed by atoms with van der Waals surface area (Å²) in [7, 11) is -0.565. The van der Waals surface area contributed by atoms with Gasteiger partial charge in [0.2, 0.25) is 5.91 Å². The second-order valence-corrected chi connectivity index (χ2v) is 9.41. The van der Waals surface area contributed by atoms with E-state index in [1.54, 1.807) is 11.3 Å². The van der Waals surface area contributed by atoms with Crippen LogP contribution in [0.5, 0.6) is 0 Å². The summed E-state index contributed by atoms with van der Waals surface area (Å²) >= 11 is 1.72. The third-order valence-electron chi connectivity index (χ3n) is 3.84. The lowest BCUT2D eigenvalue weighted by atomic mass is 10.2. The third kappa shape index (κ3) is 5.00. The predicted octanol–water partition coefficient (Wildman–Crippen LogP) is 0.613. The number of thiophene rings is 1. The number of amides is 1. The van der Waals surface area contributed by atoms with Crippen molar-refractivity contribution >= 4 is 27.5 Å². The normalized spacial score (nSPS) is 19.6. The van der Waals surface area contributed by atoms with Gasteiger partial charge in [0.05, 0.1) is 19.3 Å². The zero-order valence-corrected chi connectivity index (χ0v) is 16.0. The molecule has 1 unspecified atom stereocenters. The van der Waals surface area contributed by atoms with Crippen LogP contribution in [0.3, 0.4) is 0 Å². The molecule has 2 heterocycles. The Bertz CT molecular complexity index is 657. The summed E-state index contributed by atoms with van der Waals surface area (Å²) in [5.41, 5.74) is 0. The minimum atomic E-state index is -3.55. The van der Waals surface area contributed by atoms with E-state index >= 15 is 0 Å². The van der Waals surface area contributed by atoms with Crippen LogP contribution in [0.25, 0.3) is 0 Å². The number of nitrogens with one attached hydrogen (secondary N) is 1. The quantitative estimate of drug-likeness (QED) is 0.757. The summed E-state index contributed by atoms with van der Waals surface area (Å²) in [6.07, 6.45) is 0.891. The van der Waals surface area contributed by atoms with Crippen molar-refractivity contribution in [3.05, 3.63) is 21.9 Å². The first-order valence-electron chi connectivity index (χ1n) is 7.89. The van der Waals surface area contributed by atoms with Crippen molar-refractivity contribution in [2.24, 2.45) is 0 Å². The van der Waals surface area contributed by atoms with Crippen molar-refractivity contribution in [3.8, 4) is 0 Å². The van der Waals surface area contributed by atoms with E-state index < -0.39 is 16.3 Å². The van der Waals surface area contributed by atoms with Crippen molar-refractivity contribution in [1.29, 1.82) is 0 Å². The largest absolute Gasteiger partial charge is 0.378 e. The van der Waals surface area contributed by atoms with Gasteiger partial charge in [-0.1, -0.05) is 0 Å². The van der Waals surface area contributed by atoms with Crippen molar-refractivity contribution in [2.75, 3.05) is 40.4 Å². The second kappa shape index (κ2) is 8.39. The van der Waals surface area contributed by atoms with Crippen LogP contribution in [0.1, 0.15) is 16.2 Å². The Morgan fingerprint density at radius 3 is 2.83 bits per heavy atom. The summed E-state index contributed by atoms with van der Waals surface area (Å²) in [6, 6.07) is 3.66. The van der Waals surface area contributed by atoms with Gasteiger partial charge in [0, 0.05) is 43.4 Å². The van der Waals surface area contributed by atoms with Crippen LogP contribution in [0.4, 0.5) is 0 Å². The summed E-state index contributed by atoms with van der Waals surface area (Å²) in [5.74, 6) is -0.155. The van der Waals surface area contributed by atoms with Gasteiger partial charge in [-0.25, -0.2) is 0 Å². The van der Waals surface area contributed by atoms with Gasteiger partial charge in [-0.05, 0) is 25.5 Å². The zero-order chi connectivity index (χ0) is 17.7. The number of aryl methyl sites for hydroxylation is 1. The smallest absolute Gasteiger partial charge is 0.281 e. The SMILES string of the molecule is Cc1ccc(CCNC(=O)CC2COCCN2S(=O)(=O)N(C)C)s1. The van der Waals surface area contributed by atoms with E-state index in [2.05, 4.69) is 24.4 Å². The molecule has 0 spiro atoms. The molecule has 0 aromatic carbocycles. The molecule has 1 fully saturated rings. The number of carbonyl (C=O) groups excluding carboxylic acids is 1.